The first kappa shape index (κ1) is 13.7. The van der Waals surface area contributed by atoms with Crippen molar-refractivity contribution in [2.75, 3.05) is 12.4 Å². The smallest absolute Gasteiger partial charge is 0.137 e. The first-order valence-electron chi connectivity index (χ1n) is 6.67. The lowest BCUT2D eigenvalue weighted by molar-refractivity contribution is 0.415. The molecule has 0 spiro atoms. The Morgan fingerprint density at radius 1 is 1.14 bits per heavy atom. The van der Waals surface area contributed by atoms with Gasteiger partial charge in [-0.15, -0.1) is 0 Å². The van der Waals surface area contributed by atoms with Crippen molar-refractivity contribution in [1.82, 2.24) is 4.98 Å². The van der Waals surface area contributed by atoms with Crippen molar-refractivity contribution in [3.05, 3.63) is 65.3 Å². The normalized spacial score (nSPS) is 10.6. The summed E-state index contributed by atoms with van der Waals surface area (Å²) in [5.41, 5.74) is 3.07. The molecule has 0 bridgehead atoms. The molecule has 0 unspecified atom stereocenters. The first-order valence-corrected chi connectivity index (χ1v) is 7.05. The summed E-state index contributed by atoms with van der Waals surface area (Å²) in [4.78, 5) is 4.43. The molecule has 3 nitrogen and oxygen atoms in total. The van der Waals surface area contributed by atoms with Crippen molar-refractivity contribution >= 4 is 28.2 Å². The molecule has 0 fully saturated rings. The number of anilines is 1. The lowest BCUT2D eigenvalue weighted by Crippen LogP contribution is -2.00. The van der Waals surface area contributed by atoms with E-state index >= 15 is 0 Å². The van der Waals surface area contributed by atoms with E-state index in [4.69, 9.17) is 16.3 Å². The number of rotatable bonds is 4. The molecule has 3 aromatic rings. The number of nitrogens with zero attached hydrogens (tertiary/aromatic N) is 1. The van der Waals surface area contributed by atoms with Gasteiger partial charge in [0.05, 0.1) is 29.5 Å². The zero-order valence-electron chi connectivity index (χ0n) is 11.6. The fourth-order valence-electron chi connectivity index (χ4n) is 2.19. The summed E-state index contributed by atoms with van der Waals surface area (Å²) >= 11 is 6.12. The molecule has 0 aliphatic carbocycles. The summed E-state index contributed by atoms with van der Waals surface area (Å²) in [7, 11) is 1.61. The number of hydrogen-bond donors (Lipinski definition) is 1. The SMILES string of the molecule is COc1ccc(CNc2cnc3ccccc3c2)cc1Cl. The highest BCUT2D eigenvalue weighted by molar-refractivity contribution is 6.32. The van der Waals surface area contributed by atoms with Crippen LogP contribution >= 0.6 is 11.6 Å². The van der Waals surface area contributed by atoms with Gasteiger partial charge in [0, 0.05) is 11.9 Å². The fraction of sp³-hybridized carbons (Fsp3) is 0.118. The summed E-state index contributed by atoms with van der Waals surface area (Å²) in [6.07, 6.45) is 1.84. The van der Waals surface area contributed by atoms with Gasteiger partial charge >= 0.3 is 0 Å². The van der Waals surface area contributed by atoms with Crippen LogP contribution in [0.1, 0.15) is 5.56 Å². The van der Waals surface area contributed by atoms with E-state index in [-0.39, 0.29) is 0 Å². The highest BCUT2D eigenvalue weighted by Crippen LogP contribution is 2.25. The number of methoxy groups -OCH3 is 1. The van der Waals surface area contributed by atoms with Crippen LogP contribution < -0.4 is 10.1 Å². The second kappa shape index (κ2) is 6.02. The minimum Gasteiger partial charge on any atom is -0.495 e. The van der Waals surface area contributed by atoms with Crippen LogP contribution in [0.2, 0.25) is 5.02 Å². The number of benzene rings is 2. The Morgan fingerprint density at radius 2 is 2.00 bits per heavy atom. The Hall–Kier alpha value is -2.26. The maximum atomic E-state index is 6.12. The van der Waals surface area contributed by atoms with E-state index in [0.29, 0.717) is 17.3 Å². The van der Waals surface area contributed by atoms with E-state index in [1.807, 2.05) is 42.6 Å². The zero-order chi connectivity index (χ0) is 14.7. The number of pyridine rings is 1. The summed E-state index contributed by atoms with van der Waals surface area (Å²) in [6, 6.07) is 15.9. The summed E-state index contributed by atoms with van der Waals surface area (Å²) in [5.74, 6) is 0.688. The number of aromatic nitrogens is 1. The third-order valence-corrected chi connectivity index (χ3v) is 3.60. The molecule has 0 atom stereocenters. The third kappa shape index (κ3) is 3.09. The van der Waals surface area contributed by atoms with Crippen LogP contribution in [0.4, 0.5) is 5.69 Å². The standard InChI is InChI=1S/C17H15ClN2O/c1-21-17-7-6-12(8-15(17)18)10-19-14-9-13-4-2-3-5-16(13)20-11-14/h2-9,11,19H,10H2,1H3. The number of nitrogens with one attached hydrogen (secondary N) is 1. The molecule has 1 heterocycles. The molecule has 0 aliphatic rings. The molecule has 2 aromatic carbocycles. The topological polar surface area (TPSA) is 34.1 Å². The number of hydrogen-bond acceptors (Lipinski definition) is 3. The Morgan fingerprint density at radius 3 is 2.81 bits per heavy atom. The van der Waals surface area contributed by atoms with Crippen molar-refractivity contribution in [2.24, 2.45) is 0 Å². The van der Waals surface area contributed by atoms with Crippen LogP contribution in [-0.4, -0.2) is 12.1 Å². The number of ether oxygens (including phenoxy) is 1. The predicted octanol–water partition coefficient (Wildman–Crippen LogP) is 4.51. The lowest BCUT2D eigenvalue weighted by Gasteiger charge is -2.09. The van der Waals surface area contributed by atoms with Crippen molar-refractivity contribution < 1.29 is 4.74 Å². The Labute approximate surface area is 128 Å². The average molecular weight is 299 g/mol. The molecule has 1 aromatic heterocycles. The third-order valence-electron chi connectivity index (χ3n) is 3.30. The average Bonchev–Trinajstić information content (AvgIpc) is 2.53. The van der Waals surface area contributed by atoms with Crippen LogP contribution in [-0.2, 0) is 6.54 Å². The molecular weight excluding hydrogens is 284 g/mol. The molecule has 0 saturated heterocycles. The molecule has 21 heavy (non-hydrogen) atoms. The van der Waals surface area contributed by atoms with E-state index in [1.165, 1.54) is 0 Å². The van der Waals surface area contributed by atoms with Crippen LogP contribution in [0.15, 0.2) is 54.7 Å². The molecule has 0 aliphatic heterocycles. The van der Waals surface area contributed by atoms with Gasteiger partial charge in [0.15, 0.2) is 0 Å². The van der Waals surface area contributed by atoms with E-state index in [2.05, 4.69) is 22.4 Å². The van der Waals surface area contributed by atoms with Gasteiger partial charge in [-0.05, 0) is 29.8 Å². The van der Waals surface area contributed by atoms with Gasteiger partial charge in [-0.1, -0.05) is 35.9 Å². The van der Waals surface area contributed by atoms with E-state index in [9.17, 15) is 0 Å². The van der Waals surface area contributed by atoms with Gasteiger partial charge in [0.25, 0.3) is 0 Å². The molecule has 0 saturated carbocycles. The van der Waals surface area contributed by atoms with Crippen molar-refractivity contribution in [1.29, 1.82) is 0 Å². The largest absolute Gasteiger partial charge is 0.495 e. The Balaban J connectivity index is 1.75. The highest BCUT2D eigenvalue weighted by Gasteiger charge is 2.02. The summed E-state index contributed by atoms with van der Waals surface area (Å²) in [6.45, 7) is 0.684. The van der Waals surface area contributed by atoms with Crippen molar-refractivity contribution in [3.63, 3.8) is 0 Å². The first-order chi connectivity index (χ1) is 10.3. The van der Waals surface area contributed by atoms with Crippen LogP contribution in [0, 0.1) is 0 Å². The molecular formula is C17H15ClN2O. The second-order valence-corrected chi connectivity index (χ2v) is 5.15. The second-order valence-electron chi connectivity index (χ2n) is 4.74. The number of halogens is 1. The maximum Gasteiger partial charge on any atom is 0.137 e. The maximum absolute atomic E-state index is 6.12. The van der Waals surface area contributed by atoms with Crippen molar-refractivity contribution in [2.45, 2.75) is 6.54 Å². The van der Waals surface area contributed by atoms with Gasteiger partial charge in [-0.3, -0.25) is 4.98 Å². The van der Waals surface area contributed by atoms with Gasteiger partial charge in [-0.2, -0.15) is 0 Å². The van der Waals surface area contributed by atoms with E-state index in [0.717, 1.165) is 22.2 Å². The zero-order valence-corrected chi connectivity index (χ0v) is 12.4. The summed E-state index contributed by atoms with van der Waals surface area (Å²) in [5, 5.41) is 5.10. The molecule has 0 amide bonds. The van der Waals surface area contributed by atoms with Gasteiger partial charge < -0.3 is 10.1 Å². The van der Waals surface area contributed by atoms with Gasteiger partial charge in [0.2, 0.25) is 0 Å². The Bertz CT molecular complexity index is 774. The molecule has 1 N–H and O–H groups in total. The fourth-order valence-corrected chi connectivity index (χ4v) is 2.47. The minimum atomic E-state index is 0.619. The van der Waals surface area contributed by atoms with E-state index < -0.39 is 0 Å². The minimum absolute atomic E-state index is 0.619. The molecule has 0 radical (unpaired) electrons. The van der Waals surface area contributed by atoms with Crippen LogP contribution in [0.3, 0.4) is 0 Å². The molecule has 3 rings (SSSR count). The highest BCUT2D eigenvalue weighted by atomic mass is 35.5. The molecule has 4 heteroatoms. The quantitative estimate of drug-likeness (QED) is 0.769. The number of fused-ring (bicyclic) bond motifs is 1. The van der Waals surface area contributed by atoms with E-state index in [1.54, 1.807) is 7.11 Å². The van der Waals surface area contributed by atoms with Gasteiger partial charge in [0.1, 0.15) is 5.75 Å². The predicted molar refractivity (Wildman–Crippen MR) is 87.1 cm³/mol. The van der Waals surface area contributed by atoms with Crippen LogP contribution in [0.5, 0.6) is 5.75 Å². The Kier molecular flexibility index (Phi) is 3.93. The monoisotopic (exact) mass is 298 g/mol. The lowest BCUT2D eigenvalue weighted by atomic mass is 10.2. The van der Waals surface area contributed by atoms with Gasteiger partial charge in [-0.25, -0.2) is 0 Å². The number of para-hydroxylation sites is 1. The van der Waals surface area contributed by atoms with Crippen LogP contribution in [0.25, 0.3) is 10.9 Å². The van der Waals surface area contributed by atoms with Crippen molar-refractivity contribution in [3.8, 4) is 5.75 Å². The summed E-state index contributed by atoms with van der Waals surface area (Å²) < 4.78 is 5.15. The molecule has 106 valence electrons.